The van der Waals surface area contributed by atoms with Crippen molar-refractivity contribution < 1.29 is 5.11 Å². The molecule has 1 unspecified atom stereocenters. The van der Waals surface area contributed by atoms with Crippen molar-refractivity contribution in [1.82, 2.24) is 10.2 Å². The molecule has 0 aromatic carbocycles. The third kappa shape index (κ3) is 5.71. The minimum Gasteiger partial charge on any atom is -0.394 e. The number of rotatable bonds is 11. The Morgan fingerprint density at radius 1 is 1.10 bits per heavy atom. The second-order valence-electron chi connectivity index (χ2n) is 7.48. The molecule has 0 spiro atoms. The third-order valence-corrected chi connectivity index (χ3v) is 4.69. The van der Waals surface area contributed by atoms with Crippen molar-refractivity contribution in [1.29, 1.82) is 0 Å². The monoisotopic (exact) mass is 284 g/mol. The van der Waals surface area contributed by atoms with Gasteiger partial charge in [-0.2, -0.15) is 0 Å². The van der Waals surface area contributed by atoms with Gasteiger partial charge in [-0.1, -0.05) is 27.7 Å². The first-order chi connectivity index (χ1) is 9.43. The number of hydrogen-bond acceptors (Lipinski definition) is 3. The van der Waals surface area contributed by atoms with Gasteiger partial charge in [0.05, 0.1) is 12.1 Å². The Bertz CT molecular complexity index is 246. The summed E-state index contributed by atoms with van der Waals surface area (Å²) in [5, 5.41) is 13.3. The summed E-state index contributed by atoms with van der Waals surface area (Å²) in [7, 11) is 2.01. The molecule has 0 heterocycles. The SMILES string of the molecule is CNC(CO)(CN(CCC(C)C)CCC(C)C)C1CC1. The van der Waals surface area contributed by atoms with Gasteiger partial charge in [-0.25, -0.2) is 0 Å². The van der Waals surface area contributed by atoms with Crippen LogP contribution in [0.25, 0.3) is 0 Å². The van der Waals surface area contributed by atoms with Gasteiger partial charge in [-0.05, 0) is 63.6 Å². The number of nitrogens with one attached hydrogen (secondary N) is 1. The van der Waals surface area contributed by atoms with E-state index >= 15 is 0 Å². The number of nitrogens with zero attached hydrogens (tertiary/aromatic N) is 1. The maximum Gasteiger partial charge on any atom is 0.0628 e. The van der Waals surface area contributed by atoms with Crippen LogP contribution in [-0.2, 0) is 0 Å². The molecule has 1 fully saturated rings. The summed E-state index contributed by atoms with van der Waals surface area (Å²) in [6.07, 6.45) is 5.02. The second-order valence-corrected chi connectivity index (χ2v) is 7.48. The number of aliphatic hydroxyl groups is 1. The van der Waals surface area contributed by atoms with E-state index in [4.69, 9.17) is 0 Å². The molecule has 3 heteroatoms. The fraction of sp³-hybridized carbons (Fsp3) is 1.00. The van der Waals surface area contributed by atoms with Crippen molar-refractivity contribution in [3.05, 3.63) is 0 Å². The van der Waals surface area contributed by atoms with E-state index in [9.17, 15) is 5.11 Å². The largest absolute Gasteiger partial charge is 0.394 e. The zero-order chi connectivity index (χ0) is 15.2. The Kier molecular flexibility index (Phi) is 7.49. The lowest BCUT2D eigenvalue weighted by Gasteiger charge is -2.38. The minimum atomic E-state index is -0.0754. The molecule has 3 nitrogen and oxygen atoms in total. The normalized spacial score (nSPS) is 19.1. The van der Waals surface area contributed by atoms with Gasteiger partial charge in [0, 0.05) is 6.54 Å². The fourth-order valence-corrected chi connectivity index (χ4v) is 2.86. The summed E-state index contributed by atoms with van der Waals surface area (Å²) in [5.41, 5.74) is -0.0754. The molecule has 0 saturated heterocycles. The van der Waals surface area contributed by atoms with Gasteiger partial charge in [0.25, 0.3) is 0 Å². The molecule has 120 valence electrons. The highest BCUT2D eigenvalue weighted by molar-refractivity contribution is 5.02. The van der Waals surface area contributed by atoms with Crippen LogP contribution in [0.3, 0.4) is 0 Å². The maximum absolute atomic E-state index is 9.90. The summed E-state index contributed by atoms with van der Waals surface area (Å²) < 4.78 is 0. The van der Waals surface area contributed by atoms with Crippen LogP contribution in [0.15, 0.2) is 0 Å². The highest BCUT2D eigenvalue weighted by Gasteiger charge is 2.44. The lowest BCUT2D eigenvalue weighted by atomic mass is 9.93. The van der Waals surface area contributed by atoms with Crippen LogP contribution in [0.2, 0.25) is 0 Å². The summed E-state index contributed by atoms with van der Waals surface area (Å²) in [6, 6.07) is 0. The first kappa shape index (κ1) is 17.9. The van der Waals surface area contributed by atoms with E-state index < -0.39 is 0 Å². The van der Waals surface area contributed by atoms with Gasteiger partial charge >= 0.3 is 0 Å². The zero-order valence-electron chi connectivity index (χ0n) is 14.3. The third-order valence-electron chi connectivity index (χ3n) is 4.69. The molecule has 1 rings (SSSR count). The average Bonchev–Trinajstić information content (AvgIpc) is 3.23. The van der Waals surface area contributed by atoms with Gasteiger partial charge < -0.3 is 15.3 Å². The van der Waals surface area contributed by atoms with Crippen LogP contribution < -0.4 is 5.32 Å². The van der Waals surface area contributed by atoms with E-state index in [-0.39, 0.29) is 12.1 Å². The molecular weight excluding hydrogens is 248 g/mol. The van der Waals surface area contributed by atoms with Crippen LogP contribution in [0.4, 0.5) is 0 Å². The standard InChI is InChI=1S/C17H36N2O/c1-14(2)8-10-19(11-9-15(3)4)12-17(13-20,18-5)16-6-7-16/h14-16,18,20H,6-13H2,1-5H3. The Morgan fingerprint density at radius 3 is 1.90 bits per heavy atom. The van der Waals surface area contributed by atoms with Crippen molar-refractivity contribution >= 4 is 0 Å². The predicted octanol–water partition coefficient (Wildman–Crippen LogP) is 2.74. The van der Waals surface area contributed by atoms with Crippen molar-refractivity contribution in [3.63, 3.8) is 0 Å². The molecule has 1 atom stereocenters. The van der Waals surface area contributed by atoms with Crippen molar-refractivity contribution in [3.8, 4) is 0 Å². The van der Waals surface area contributed by atoms with E-state index in [1.165, 1.54) is 25.7 Å². The molecule has 0 aromatic rings. The Hall–Kier alpha value is -0.120. The quantitative estimate of drug-likeness (QED) is 0.612. The highest BCUT2D eigenvalue weighted by Crippen LogP contribution is 2.40. The molecule has 1 aliphatic rings. The van der Waals surface area contributed by atoms with E-state index in [1.54, 1.807) is 0 Å². The maximum atomic E-state index is 9.90. The van der Waals surface area contributed by atoms with Crippen LogP contribution in [0.5, 0.6) is 0 Å². The number of likely N-dealkylation sites (N-methyl/N-ethyl adjacent to an activating group) is 1. The van der Waals surface area contributed by atoms with Crippen LogP contribution in [-0.4, -0.2) is 48.8 Å². The molecule has 0 bridgehead atoms. The summed E-state index contributed by atoms with van der Waals surface area (Å²) in [4.78, 5) is 2.57. The molecule has 1 aliphatic carbocycles. The molecule has 0 radical (unpaired) electrons. The van der Waals surface area contributed by atoms with Crippen molar-refractivity contribution in [2.24, 2.45) is 17.8 Å². The zero-order valence-corrected chi connectivity index (χ0v) is 14.3. The van der Waals surface area contributed by atoms with E-state index in [2.05, 4.69) is 37.9 Å². The molecular formula is C17H36N2O. The summed E-state index contributed by atoms with van der Waals surface area (Å²) in [6.45, 7) is 12.7. The summed E-state index contributed by atoms with van der Waals surface area (Å²) >= 11 is 0. The van der Waals surface area contributed by atoms with Crippen LogP contribution in [0.1, 0.15) is 53.4 Å². The summed E-state index contributed by atoms with van der Waals surface area (Å²) in [5.74, 6) is 2.16. The smallest absolute Gasteiger partial charge is 0.0628 e. The van der Waals surface area contributed by atoms with Gasteiger partial charge in [0.15, 0.2) is 0 Å². The fourth-order valence-electron chi connectivity index (χ4n) is 2.86. The van der Waals surface area contributed by atoms with Gasteiger partial charge in [-0.3, -0.25) is 0 Å². The topological polar surface area (TPSA) is 35.5 Å². The molecule has 0 aromatic heterocycles. The van der Waals surface area contributed by atoms with E-state index in [1.807, 2.05) is 7.05 Å². The molecule has 2 N–H and O–H groups in total. The van der Waals surface area contributed by atoms with E-state index in [0.29, 0.717) is 5.92 Å². The van der Waals surface area contributed by atoms with Crippen LogP contribution >= 0.6 is 0 Å². The lowest BCUT2D eigenvalue weighted by molar-refractivity contribution is 0.0918. The van der Waals surface area contributed by atoms with Gasteiger partial charge in [0.1, 0.15) is 0 Å². The highest BCUT2D eigenvalue weighted by atomic mass is 16.3. The molecule has 20 heavy (non-hydrogen) atoms. The molecule has 0 amide bonds. The molecule has 1 saturated carbocycles. The Labute approximate surface area is 126 Å². The number of hydrogen-bond donors (Lipinski definition) is 2. The Morgan fingerprint density at radius 2 is 1.60 bits per heavy atom. The van der Waals surface area contributed by atoms with Crippen molar-refractivity contribution in [2.45, 2.75) is 58.9 Å². The van der Waals surface area contributed by atoms with Gasteiger partial charge in [-0.15, -0.1) is 0 Å². The Balaban J connectivity index is 2.59. The molecule has 0 aliphatic heterocycles. The second kappa shape index (κ2) is 8.35. The lowest BCUT2D eigenvalue weighted by Crippen LogP contribution is -2.57. The first-order valence-corrected chi connectivity index (χ1v) is 8.45. The van der Waals surface area contributed by atoms with E-state index in [0.717, 1.165) is 31.5 Å². The predicted molar refractivity (Wildman–Crippen MR) is 87.0 cm³/mol. The van der Waals surface area contributed by atoms with Crippen molar-refractivity contribution in [2.75, 3.05) is 33.3 Å². The first-order valence-electron chi connectivity index (χ1n) is 8.45. The average molecular weight is 284 g/mol. The number of aliphatic hydroxyl groups excluding tert-OH is 1. The minimum absolute atomic E-state index is 0.0754. The van der Waals surface area contributed by atoms with Crippen LogP contribution in [0, 0.1) is 17.8 Å². The van der Waals surface area contributed by atoms with Gasteiger partial charge in [0.2, 0.25) is 0 Å².